The van der Waals surface area contributed by atoms with E-state index < -0.39 is 0 Å². The van der Waals surface area contributed by atoms with Gasteiger partial charge in [-0.15, -0.1) is 0 Å². The van der Waals surface area contributed by atoms with Crippen molar-refractivity contribution in [3.63, 3.8) is 0 Å². The zero-order valence-corrected chi connectivity index (χ0v) is 14.9. The monoisotopic (exact) mass is 320 g/mol. The van der Waals surface area contributed by atoms with Gasteiger partial charge in [-0.1, -0.05) is 52.2 Å². The van der Waals surface area contributed by atoms with E-state index in [1.165, 1.54) is 12.8 Å². The fraction of sp³-hybridized carbons (Fsp3) is 0.700. The minimum atomic E-state index is -0.233. The number of hydrogen-bond acceptors (Lipinski definition) is 3. The van der Waals surface area contributed by atoms with E-state index >= 15 is 0 Å². The lowest BCUT2D eigenvalue weighted by Crippen LogP contribution is -2.35. The van der Waals surface area contributed by atoms with Crippen LogP contribution in [-0.2, 0) is 9.47 Å². The van der Waals surface area contributed by atoms with Crippen LogP contribution in [0.4, 0.5) is 0 Å². The second kappa shape index (κ2) is 9.94. The maximum absolute atomic E-state index is 6.21. The molecule has 1 aliphatic rings. The summed E-state index contributed by atoms with van der Waals surface area (Å²) in [6, 6.07) is 8.17. The van der Waals surface area contributed by atoms with E-state index in [4.69, 9.17) is 14.2 Å². The van der Waals surface area contributed by atoms with Gasteiger partial charge in [0, 0.05) is 11.5 Å². The highest BCUT2D eigenvalue weighted by atomic mass is 16.7. The van der Waals surface area contributed by atoms with Crippen molar-refractivity contribution < 1.29 is 14.2 Å². The van der Waals surface area contributed by atoms with Crippen LogP contribution in [0.25, 0.3) is 0 Å². The third-order valence-electron chi connectivity index (χ3n) is 4.55. The van der Waals surface area contributed by atoms with Crippen LogP contribution in [0.2, 0.25) is 0 Å². The number of unbranched alkanes of at least 4 members (excludes halogenated alkanes) is 2. The maximum atomic E-state index is 6.21. The Morgan fingerprint density at radius 1 is 1.04 bits per heavy atom. The third kappa shape index (κ3) is 5.50. The summed E-state index contributed by atoms with van der Waals surface area (Å²) in [5.41, 5.74) is 1.08. The largest absolute Gasteiger partial charge is 0.494 e. The standard InChI is InChI=1S/C20H32O3/c1-4-7-8-14-21-18-12-10-17(11-13-18)20-22-15-16(6-3)19(23-20)9-5-2/h10-13,16,19-20H,4-9,14-15H2,1-3H3. The van der Waals surface area contributed by atoms with E-state index in [2.05, 4.69) is 32.9 Å². The second-order valence-electron chi connectivity index (χ2n) is 6.42. The van der Waals surface area contributed by atoms with Gasteiger partial charge in [-0.05, 0) is 31.4 Å². The van der Waals surface area contributed by atoms with Gasteiger partial charge in [-0.2, -0.15) is 0 Å². The van der Waals surface area contributed by atoms with Gasteiger partial charge >= 0.3 is 0 Å². The average Bonchev–Trinajstić information content (AvgIpc) is 2.59. The van der Waals surface area contributed by atoms with E-state index in [1.807, 2.05) is 12.1 Å². The Balaban J connectivity index is 1.88. The summed E-state index contributed by atoms with van der Waals surface area (Å²) in [6.45, 7) is 8.21. The molecule has 1 aliphatic heterocycles. The molecule has 1 saturated heterocycles. The Hall–Kier alpha value is -1.06. The molecule has 130 valence electrons. The van der Waals surface area contributed by atoms with Crippen molar-refractivity contribution in [2.75, 3.05) is 13.2 Å². The van der Waals surface area contributed by atoms with Gasteiger partial charge in [0.2, 0.25) is 0 Å². The first-order valence-corrected chi connectivity index (χ1v) is 9.28. The fourth-order valence-corrected chi connectivity index (χ4v) is 3.03. The van der Waals surface area contributed by atoms with Crippen LogP contribution >= 0.6 is 0 Å². The SMILES string of the molecule is CCCCCOc1ccc(C2OCC(CC)C(CCC)O2)cc1. The Labute approximate surface area is 141 Å². The molecule has 0 spiro atoms. The van der Waals surface area contributed by atoms with Gasteiger partial charge < -0.3 is 14.2 Å². The zero-order valence-electron chi connectivity index (χ0n) is 14.9. The van der Waals surface area contributed by atoms with Crippen LogP contribution in [0.5, 0.6) is 5.75 Å². The number of rotatable bonds is 9. The van der Waals surface area contributed by atoms with Crippen molar-refractivity contribution in [1.29, 1.82) is 0 Å². The smallest absolute Gasteiger partial charge is 0.184 e. The Morgan fingerprint density at radius 2 is 1.83 bits per heavy atom. The molecule has 23 heavy (non-hydrogen) atoms. The molecule has 3 nitrogen and oxygen atoms in total. The van der Waals surface area contributed by atoms with E-state index in [-0.39, 0.29) is 6.29 Å². The van der Waals surface area contributed by atoms with E-state index in [0.717, 1.165) is 50.2 Å². The highest BCUT2D eigenvalue weighted by Crippen LogP contribution is 2.33. The van der Waals surface area contributed by atoms with Gasteiger partial charge in [0.05, 0.1) is 19.3 Å². The van der Waals surface area contributed by atoms with Crippen LogP contribution < -0.4 is 4.74 Å². The predicted octanol–water partition coefficient (Wildman–Crippen LogP) is 5.50. The first-order valence-electron chi connectivity index (χ1n) is 9.28. The number of benzene rings is 1. The highest BCUT2D eigenvalue weighted by Gasteiger charge is 2.30. The molecule has 3 unspecified atom stereocenters. The molecular formula is C20H32O3. The van der Waals surface area contributed by atoms with Crippen molar-refractivity contribution >= 4 is 0 Å². The summed E-state index contributed by atoms with van der Waals surface area (Å²) in [7, 11) is 0. The summed E-state index contributed by atoms with van der Waals surface area (Å²) in [4.78, 5) is 0. The van der Waals surface area contributed by atoms with Crippen molar-refractivity contribution in [3.8, 4) is 5.75 Å². The fourth-order valence-electron chi connectivity index (χ4n) is 3.03. The summed E-state index contributed by atoms with van der Waals surface area (Å²) in [5, 5.41) is 0. The molecule has 0 aliphatic carbocycles. The van der Waals surface area contributed by atoms with Gasteiger partial charge in [-0.25, -0.2) is 0 Å². The minimum absolute atomic E-state index is 0.233. The Kier molecular flexibility index (Phi) is 7.90. The quantitative estimate of drug-likeness (QED) is 0.563. The van der Waals surface area contributed by atoms with Gasteiger partial charge in [0.25, 0.3) is 0 Å². The first kappa shape index (κ1) is 18.3. The molecule has 3 heteroatoms. The summed E-state index contributed by atoms with van der Waals surface area (Å²) < 4.78 is 17.9. The number of hydrogen-bond donors (Lipinski definition) is 0. The highest BCUT2D eigenvalue weighted by molar-refractivity contribution is 5.28. The van der Waals surface area contributed by atoms with E-state index in [9.17, 15) is 0 Å². The van der Waals surface area contributed by atoms with Crippen LogP contribution in [-0.4, -0.2) is 19.3 Å². The topological polar surface area (TPSA) is 27.7 Å². The van der Waals surface area contributed by atoms with Gasteiger partial charge in [-0.3, -0.25) is 0 Å². The van der Waals surface area contributed by atoms with Crippen LogP contribution in [0.15, 0.2) is 24.3 Å². The lowest BCUT2D eigenvalue weighted by Gasteiger charge is -2.36. The third-order valence-corrected chi connectivity index (χ3v) is 4.55. The maximum Gasteiger partial charge on any atom is 0.184 e. The Morgan fingerprint density at radius 3 is 2.48 bits per heavy atom. The molecule has 3 atom stereocenters. The molecule has 0 bridgehead atoms. The Bertz CT molecular complexity index is 429. The molecule has 0 amide bonds. The molecule has 1 aromatic rings. The molecule has 1 fully saturated rings. The molecule has 1 aromatic carbocycles. The molecule has 0 aromatic heterocycles. The number of ether oxygens (including phenoxy) is 3. The molecular weight excluding hydrogens is 288 g/mol. The lowest BCUT2D eigenvalue weighted by molar-refractivity contribution is -0.243. The summed E-state index contributed by atoms with van der Waals surface area (Å²) in [6.07, 6.45) is 7.01. The molecule has 0 N–H and O–H groups in total. The van der Waals surface area contributed by atoms with Gasteiger partial charge in [0.15, 0.2) is 6.29 Å². The van der Waals surface area contributed by atoms with Crippen molar-refractivity contribution in [2.24, 2.45) is 5.92 Å². The lowest BCUT2D eigenvalue weighted by atomic mass is 9.95. The van der Waals surface area contributed by atoms with Crippen LogP contribution in [0, 0.1) is 5.92 Å². The zero-order chi connectivity index (χ0) is 16.5. The first-order chi connectivity index (χ1) is 11.3. The van der Waals surface area contributed by atoms with Crippen LogP contribution in [0.1, 0.15) is 71.1 Å². The van der Waals surface area contributed by atoms with Crippen molar-refractivity contribution in [1.82, 2.24) is 0 Å². The molecule has 2 rings (SSSR count). The molecule has 0 saturated carbocycles. The van der Waals surface area contributed by atoms with E-state index in [1.54, 1.807) is 0 Å². The molecule has 0 radical (unpaired) electrons. The van der Waals surface area contributed by atoms with Gasteiger partial charge in [0.1, 0.15) is 5.75 Å². The normalized spacial score (nSPS) is 24.6. The predicted molar refractivity (Wildman–Crippen MR) is 93.7 cm³/mol. The minimum Gasteiger partial charge on any atom is -0.494 e. The average molecular weight is 320 g/mol. The summed E-state index contributed by atoms with van der Waals surface area (Å²) in [5.74, 6) is 1.45. The van der Waals surface area contributed by atoms with Crippen LogP contribution in [0.3, 0.4) is 0 Å². The summed E-state index contributed by atoms with van der Waals surface area (Å²) >= 11 is 0. The van der Waals surface area contributed by atoms with E-state index in [0.29, 0.717) is 12.0 Å². The second-order valence-corrected chi connectivity index (χ2v) is 6.42. The molecule has 1 heterocycles. The van der Waals surface area contributed by atoms with Crippen molar-refractivity contribution in [3.05, 3.63) is 29.8 Å². The van der Waals surface area contributed by atoms with Crippen molar-refractivity contribution in [2.45, 2.75) is 71.7 Å².